The topological polar surface area (TPSA) is 75.7 Å². The molecule has 6 nitrogen and oxygen atoms in total. The molecule has 1 amide bonds. The van der Waals surface area contributed by atoms with Crippen molar-refractivity contribution in [1.82, 2.24) is 0 Å². The lowest BCUT2D eigenvalue weighted by Crippen LogP contribution is -2.48. The predicted octanol–water partition coefficient (Wildman–Crippen LogP) is 4.84. The Balaban J connectivity index is 1.34. The molecule has 1 heterocycles. The number of carbonyl (C=O) groups is 1. The Kier molecular flexibility index (Phi) is 5.04. The van der Waals surface area contributed by atoms with Crippen LogP contribution in [0.5, 0.6) is 5.75 Å². The summed E-state index contributed by atoms with van der Waals surface area (Å²) in [6.07, 6.45) is 0.991. The van der Waals surface area contributed by atoms with Crippen LogP contribution in [0.3, 0.4) is 0 Å². The van der Waals surface area contributed by atoms with E-state index in [1.54, 1.807) is 48.5 Å². The molecular weight excluding hydrogens is 460 g/mol. The van der Waals surface area contributed by atoms with E-state index in [-0.39, 0.29) is 17.3 Å². The first kappa shape index (κ1) is 21.7. The zero-order valence-electron chi connectivity index (χ0n) is 19.2. The molecule has 7 heteroatoms. The van der Waals surface area contributed by atoms with Crippen molar-refractivity contribution in [1.29, 1.82) is 0 Å². The molecule has 0 aromatic heterocycles. The number of para-hydroxylation sites is 2. The summed E-state index contributed by atoms with van der Waals surface area (Å²) < 4.78 is 34.4. The van der Waals surface area contributed by atoms with Crippen molar-refractivity contribution in [3.8, 4) is 5.75 Å². The van der Waals surface area contributed by atoms with Crippen molar-refractivity contribution in [2.24, 2.45) is 0 Å². The Morgan fingerprint density at radius 3 is 2.46 bits per heavy atom. The smallest absolute Gasteiger partial charge is 0.267 e. The molecule has 1 aliphatic carbocycles. The van der Waals surface area contributed by atoms with Crippen molar-refractivity contribution in [2.75, 3.05) is 16.2 Å². The van der Waals surface area contributed by atoms with Gasteiger partial charge < -0.3 is 10.1 Å². The third kappa shape index (κ3) is 3.63. The van der Waals surface area contributed by atoms with Gasteiger partial charge in [-0.25, -0.2) is 8.42 Å². The molecule has 1 atom stereocenters. The lowest BCUT2D eigenvalue weighted by molar-refractivity contribution is -0.122. The summed E-state index contributed by atoms with van der Waals surface area (Å²) in [5, 5.41) is 5.19. The molecule has 0 spiro atoms. The molecule has 176 valence electrons. The number of nitrogens with one attached hydrogen (secondary N) is 1. The number of ether oxygens (including phenoxy) is 1. The summed E-state index contributed by atoms with van der Waals surface area (Å²) in [6.45, 7) is 1.78. The maximum Gasteiger partial charge on any atom is 0.267 e. The van der Waals surface area contributed by atoms with Gasteiger partial charge >= 0.3 is 0 Å². The summed E-state index contributed by atoms with van der Waals surface area (Å²) in [7, 11) is -3.90. The van der Waals surface area contributed by atoms with E-state index in [0.717, 1.165) is 23.8 Å². The molecule has 1 N–H and O–H groups in total. The minimum absolute atomic E-state index is 0.125. The van der Waals surface area contributed by atoms with Crippen LogP contribution in [0.1, 0.15) is 16.7 Å². The van der Waals surface area contributed by atoms with E-state index in [9.17, 15) is 13.2 Å². The third-order valence-electron chi connectivity index (χ3n) is 6.77. The van der Waals surface area contributed by atoms with Crippen molar-refractivity contribution < 1.29 is 17.9 Å². The normalized spacial score (nSPS) is 16.6. The predicted molar refractivity (Wildman–Crippen MR) is 137 cm³/mol. The van der Waals surface area contributed by atoms with Crippen molar-refractivity contribution in [3.63, 3.8) is 0 Å². The number of sulfonamides is 1. The number of amides is 1. The van der Waals surface area contributed by atoms with Gasteiger partial charge in [0.1, 0.15) is 5.75 Å². The van der Waals surface area contributed by atoms with Crippen LogP contribution >= 0.6 is 0 Å². The quantitative estimate of drug-likeness (QED) is 0.450. The minimum Gasteiger partial charge on any atom is -0.476 e. The van der Waals surface area contributed by atoms with Crippen LogP contribution in [0.2, 0.25) is 0 Å². The highest BCUT2D eigenvalue weighted by Crippen LogP contribution is 2.38. The van der Waals surface area contributed by atoms with Gasteiger partial charge in [-0.3, -0.25) is 9.10 Å². The van der Waals surface area contributed by atoms with E-state index in [1.807, 2.05) is 25.1 Å². The second kappa shape index (κ2) is 8.13. The van der Waals surface area contributed by atoms with Gasteiger partial charge in [-0.2, -0.15) is 0 Å². The lowest BCUT2D eigenvalue weighted by Gasteiger charge is -2.34. The maximum absolute atomic E-state index is 13.6. The Labute approximate surface area is 204 Å². The van der Waals surface area contributed by atoms with Gasteiger partial charge in [0.2, 0.25) is 0 Å². The van der Waals surface area contributed by atoms with Crippen LogP contribution in [0.15, 0.2) is 83.8 Å². The maximum atomic E-state index is 13.6. The molecule has 0 saturated heterocycles. The number of rotatable bonds is 4. The molecule has 0 saturated carbocycles. The summed E-state index contributed by atoms with van der Waals surface area (Å²) in [5.74, 6) is -0.0303. The number of hydrogen-bond acceptors (Lipinski definition) is 4. The van der Waals surface area contributed by atoms with Crippen molar-refractivity contribution >= 4 is 38.1 Å². The summed E-state index contributed by atoms with van der Waals surface area (Å²) in [4.78, 5) is 13.6. The number of aryl methyl sites for hydroxylation is 3. The molecule has 4 aromatic carbocycles. The second-order valence-corrected chi connectivity index (χ2v) is 10.9. The fourth-order valence-electron chi connectivity index (χ4n) is 4.97. The van der Waals surface area contributed by atoms with Crippen LogP contribution in [-0.2, 0) is 27.7 Å². The third-order valence-corrected chi connectivity index (χ3v) is 8.56. The Morgan fingerprint density at radius 2 is 1.66 bits per heavy atom. The van der Waals surface area contributed by atoms with Crippen molar-refractivity contribution in [2.45, 2.75) is 30.8 Å². The first-order chi connectivity index (χ1) is 16.9. The van der Waals surface area contributed by atoms with E-state index in [1.165, 1.54) is 20.8 Å². The van der Waals surface area contributed by atoms with E-state index in [4.69, 9.17) is 4.74 Å². The van der Waals surface area contributed by atoms with E-state index in [2.05, 4.69) is 17.4 Å². The van der Waals surface area contributed by atoms with E-state index in [0.29, 0.717) is 17.1 Å². The Bertz CT molecular complexity index is 1570. The minimum atomic E-state index is -3.90. The van der Waals surface area contributed by atoms with Crippen LogP contribution in [0.25, 0.3) is 10.8 Å². The molecule has 6 rings (SSSR count). The molecule has 1 aliphatic heterocycles. The van der Waals surface area contributed by atoms with E-state index >= 15 is 0 Å². The molecule has 0 fully saturated rings. The summed E-state index contributed by atoms with van der Waals surface area (Å²) in [5.41, 5.74) is 4.66. The zero-order valence-corrected chi connectivity index (χ0v) is 20.0. The fourth-order valence-corrected chi connectivity index (χ4v) is 6.45. The van der Waals surface area contributed by atoms with Crippen LogP contribution in [0, 0.1) is 6.92 Å². The molecule has 35 heavy (non-hydrogen) atoms. The molecule has 1 unspecified atom stereocenters. The summed E-state index contributed by atoms with van der Waals surface area (Å²) in [6, 6.07) is 23.7. The first-order valence-corrected chi connectivity index (χ1v) is 13.1. The fraction of sp³-hybridized carbons (Fsp3) is 0.179. The average molecular weight is 485 g/mol. The monoisotopic (exact) mass is 484 g/mol. The highest BCUT2D eigenvalue weighted by Gasteiger charge is 2.37. The van der Waals surface area contributed by atoms with Crippen LogP contribution < -0.4 is 14.4 Å². The molecule has 4 aromatic rings. The van der Waals surface area contributed by atoms with Gasteiger partial charge in [0.15, 0.2) is 6.10 Å². The van der Waals surface area contributed by atoms with Gasteiger partial charge in [0.25, 0.3) is 15.9 Å². The van der Waals surface area contributed by atoms with Crippen LogP contribution in [-0.4, -0.2) is 27.0 Å². The van der Waals surface area contributed by atoms with Gasteiger partial charge in [0.05, 0.1) is 17.1 Å². The number of nitrogens with zero attached hydrogens (tertiary/aromatic N) is 1. The van der Waals surface area contributed by atoms with Gasteiger partial charge in [-0.05, 0) is 66.6 Å². The molecule has 2 aliphatic rings. The highest BCUT2D eigenvalue weighted by molar-refractivity contribution is 7.92. The highest BCUT2D eigenvalue weighted by atomic mass is 32.2. The zero-order chi connectivity index (χ0) is 24.2. The van der Waals surface area contributed by atoms with Gasteiger partial charge in [0, 0.05) is 11.1 Å². The van der Waals surface area contributed by atoms with Crippen LogP contribution in [0.4, 0.5) is 11.4 Å². The number of fused-ring (bicyclic) bond motifs is 1. The van der Waals surface area contributed by atoms with Crippen molar-refractivity contribution in [3.05, 3.63) is 95.6 Å². The standard InChI is InChI=1S/C28H24N2O4S/c1-18-9-14-21(15-10-18)35(32,33)30-17-26(34-25-8-3-2-7-24(25)30)28(31)29-23-16-13-20-12-11-19-5-4-6-22(23)27(19)20/h2-10,13-16,26H,11-12,17H2,1H3,(H,29,31). The molecule has 0 radical (unpaired) electrons. The number of hydrogen-bond donors (Lipinski definition) is 1. The summed E-state index contributed by atoms with van der Waals surface area (Å²) >= 11 is 0. The molecular formula is C28H24N2O4S. The Hall–Kier alpha value is -3.84. The Morgan fingerprint density at radius 1 is 0.914 bits per heavy atom. The number of carbonyl (C=O) groups excluding carboxylic acids is 1. The second-order valence-electron chi connectivity index (χ2n) is 9.02. The largest absolute Gasteiger partial charge is 0.476 e. The van der Waals surface area contributed by atoms with Gasteiger partial charge in [-0.1, -0.05) is 54.1 Å². The SMILES string of the molecule is Cc1ccc(S(=O)(=O)N2CC(C(=O)Nc3ccc4c5c(cccc35)CC4)Oc3ccccc32)cc1. The number of anilines is 2. The molecule has 0 bridgehead atoms. The first-order valence-electron chi connectivity index (χ1n) is 11.6. The lowest BCUT2D eigenvalue weighted by atomic mass is 10.0. The number of benzene rings is 4. The van der Waals surface area contributed by atoms with Gasteiger partial charge in [-0.15, -0.1) is 0 Å². The van der Waals surface area contributed by atoms with E-state index < -0.39 is 16.1 Å². The average Bonchev–Trinajstić information content (AvgIpc) is 3.30.